The largest absolute Gasteiger partial charge is 0.354 e. The summed E-state index contributed by atoms with van der Waals surface area (Å²) in [5.74, 6) is 1.38. The number of hydrogen-bond acceptors (Lipinski definition) is 6. The van der Waals surface area contributed by atoms with E-state index >= 15 is 0 Å². The topological polar surface area (TPSA) is 83.7 Å². The van der Waals surface area contributed by atoms with Crippen molar-refractivity contribution in [1.82, 2.24) is 19.5 Å². The summed E-state index contributed by atoms with van der Waals surface area (Å²) in [7, 11) is 1.98. The van der Waals surface area contributed by atoms with E-state index < -0.39 is 0 Å². The molecule has 3 heterocycles. The van der Waals surface area contributed by atoms with Crippen LogP contribution in [0, 0.1) is 10.8 Å². The molecular formula is C16H22N6O2. The highest BCUT2D eigenvalue weighted by Gasteiger charge is 2.32. The van der Waals surface area contributed by atoms with Gasteiger partial charge in [-0.25, -0.2) is 9.97 Å². The molecule has 2 aromatic heterocycles. The Kier molecular flexibility index (Phi) is 4.46. The normalized spacial score (nSPS) is 21.0. The van der Waals surface area contributed by atoms with Gasteiger partial charge in [0, 0.05) is 32.8 Å². The Labute approximate surface area is 140 Å². The summed E-state index contributed by atoms with van der Waals surface area (Å²) >= 11 is 0. The van der Waals surface area contributed by atoms with E-state index in [0.29, 0.717) is 24.5 Å². The van der Waals surface area contributed by atoms with E-state index in [-0.39, 0.29) is 11.9 Å². The van der Waals surface area contributed by atoms with E-state index in [2.05, 4.69) is 27.1 Å². The molecule has 2 atom stereocenters. The zero-order valence-corrected chi connectivity index (χ0v) is 14.2. The highest BCUT2D eigenvalue weighted by Crippen LogP contribution is 2.29. The van der Waals surface area contributed by atoms with Crippen LogP contribution in [0.25, 0.3) is 11.0 Å². The van der Waals surface area contributed by atoms with Gasteiger partial charge in [-0.1, -0.05) is 13.8 Å². The van der Waals surface area contributed by atoms with Crippen LogP contribution in [0.3, 0.4) is 0 Å². The fourth-order valence-corrected chi connectivity index (χ4v) is 3.43. The summed E-state index contributed by atoms with van der Waals surface area (Å²) in [6.07, 6.45) is 4.52. The molecule has 2 aromatic rings. The summed E-state index contributed by atoms with van der Waals surface area (Å²) in [6.45, 7) is 5.58. The van der Waals surface area contributed by atoms with Gasteiger partial charge in [-0.05, 0) is 18.4 Å². The van der Waals surface area contributed by atoms with Gasteiger partial charge in [0.2, 0.25) is 5.91 Å². The number of nitrogens with zero attached hydrogens (tertiary/aromatic N) is 6. The molecule has 0 aromatic carbocycles. The standard InChI is InChI=1S/C16H22N6O2/c1-4-14(23)21-7-5-11(2)13(9-21)20(3)15-12-6-8-22(19-24)16(12)18-10-17-15/h6,8,10-11,13H,4-5,7,9H2,1-3H3/t11-,13?/m1/s1. The summed E-state index contributed by atoms with van der Waals surface area (Å²) in [6, 6.07) is 1.96. The van der Waals surface area contributed by atoms with Crippen LogP contribution in [0.2, 0.25) is 0 Å². The third kappa shape index (κ3) is 2.72. The fourth-order valence-electron chi connectivity index (χ4n) is 3.43. The molecule has 0 bridgehead atoms. The number of hydrogen-bond donors (Lipinski definition) is 0. The quantitative estimate of drug-likeness (QED) is 0.801. The molecule has 8 heteroatoms. The lowest BCUT2D eigenvalue weighted by atomic mass is 9.92. The predicted molar refractivity (Wildman–Crippen MR) is 91.6 cm³/mol. The van der Waals surface area contributed by atoms with Crippen molar-refractivity contribution in [2.24, 2.45) is 11.2 Å². The molecule has 1 aliphatic rings. The van der Waals surface area contributed by atoms with E-state index in [4.69, 9.17) is 0 Å². The summed E-state index contributed by atoms with van der Waals surface area (Å²) in [4.78, 5) is 35.5. The second-order valence-corrected chi connectivity index (χ2v) is 6.31. The van der Waals surface area contributed by atoms with E-state index in [1.54, 1.807) is 12.3 Å². The lowest BCUT2D eigenvalue weighted by Crippen LogP contribution is -2.52. The van der Waals surface area contributed by atoms with Gasteiger partial charge in [-0.2, -0.15) is 4.68 Å². The molecule has 0 saturated carbocycles. The summed E-state index contributed by atoms with van der Waals surface area (Å²) < 4.78 is 1.20. The van der Waals surface area contributed by atoms with Gasteiger partial charge in [0.05, 0.1) is 16.7 Å². The fraction of sp³-hybridized carbons (Fsp3) is 0.562. The summed E-state index contributed by atoms with van der Waals surface area (Å²) in [5, 5.41) is 3.72. The molecule has 3 rings (SSSR count). The van der Waals surface area contributed by atoms with Crippen LogP contribution in [0.15, 0.2) is 23.9 Å². The number of nitroso groups, excluding NO2 is 1. The van der Waals surface area contributed by atoms with Gasteiger partial charge in [-0.15, -0.1) is 4.91 Å². The highest BCUT2D eigenvalue weighted by atomic mass is 16.3. The van der Waals surface area contributed by atoms with E-state index in [9.17, 15) is 9.70 Å². The van der Waals surface area contributed by atoms with Gasteiger partial charge in [-0.3, -0.25) is 4.79 Å². The number of piperidine rings is 1. The van der Waals surface area contributed by atoms with Crippen LogP contribution >= 0.6 is 0 Å². The molecule has 24 heavy (non-hydrogen) atoms. The molecule has 0 N–H and O–H groups in total. The molecule has 1 unspecified atom stereocenters. The van der Waals surface area contributed by atoms with E-state index in [1.807, 2.05) is 18.9 Å². The smallest absolute Gasteiger partial charge is 0.222 e. The van der Waals surface area contributed by atoms with Crippen molar-refractivity contribution in [1.29, 1.82) is 0 Å². The van der Waals surface area contributed by atoms with Crippen molar-refractivity contribution in [3.63, 3.8) is 0 Å². The Bertz CT molecular complexity index is 758. The van der Waals surface area contributed by atoms with Crippen LogP contribution in [-0.4, -0.2) is 51.6 Å². The minimum absolute atomic E-state index is 0.167. The predicted octanol–water partition coefficient (Wildman–Crippen LogP) is 2.04. The van der Waals surface area contributed by atoms with Gasteiger partial charge in [0.15, 0.2) is 5.65 Å². The molecule has 1 saturated heterocycles. The number of likely N-dealkylation sites (tertiary alicyclic amines) is 1. The Morgan fingerprint density at radius 3 is 2.96 bits per heavy atom. The number of anilines is 1. The van der Waals surface area contributed by atoms with Crippen molar-refractivity contribution in [2.45, 2.75) is 32.7 Å². The maximum absolute atomic E-state index is 12.1. The third-order valence-electron chi connectivity index (χ3n) is 4.93. The third-order valence-corrected chi connectivity index (χ3v) is 4.93. The number of carbonyl (C=O) groups excluding carboxylic acids is 1. The number of aromatic nitrogens is 3. The first-order valence-electron chi connectivity index (χ1n) is 8.23. The molecular weight excluding hydrogens is 308 g/mol. The van der Waals surface area contributed by atoms with Crippen molar-refractivity contribution < 1.29 is 4.79 Å². The van der Waals surface area contributed by atoms with Crippen LogP contribution < -0.4 is 4.90 Å². The molecule has 128 valence electrons. The number of likely N-dealkylation sites (N-methyl/N-ethyl adjacent to an activating group) is 1. The Hall–Kier alpha value is -2.51. The summed E-state index contributed by atoms with van der Waals surface area (Å²) in [5.41, 5.74) is 0.492. The maximum Gasteiger partial charge on any atom is 0.222 e. The monoisotopic (exact) mass is 330 g/mol. The molecule has 1 aliphatic heterocycles. The maximum atomic E-state index is 12.1. The zero-order chi connectivity index (χ0) is 17.3. The number of fused-ring (bicyclic) bond motifs is 1. The lowest BCUT2D eigenvalue weighted by Gasteiger charge is -2.42. The Morgan fingerprint density at radius 1 is 1.46 bits per heavy atom. The van der Waals surface area contributed by atoms with Crippen molar-refractivity contribution in [2.75, 3.05) is 25.0 Å². The number of amides is 1. The average molecular weight is 330 g/mol. The van der Waals surface area contributed by atoms with Crippen molar-refractivity contribution in [3.05, 3.63) is 23.5 Å². The van der Waals surface area contributed by atoms with Crippen LogP contribution in [0.1, 0.15) is 26.7 Å². The first-order valence-corrected chi connectivity index (χ1v) is 8.23. The number of carbonyl (C=O) groups is 1. The van der Waals surface area contributed by atoms with Gasteiger partial charge < -0.3 is 9.80 Å². The minimum Gasteiger partial charge on any atom is -0.354 e. The second-order valence-electron chi connectivity index (χ2n) is 6.31. The Morgan fingerprint density at radius 2 is 2.25 bits per heavy atom. The Balaban J connectivity index is 1.92. The first-order chi connectivity index (χ1) is 11.6. The number of rotatable bonds is 4. The van der Waals surface area contributed by atoms with E-state index in [0.717, 1.165) is 24.2 Å². The average Bonchev–Trinajstić information content (AvgIpc) is 3.04. The molecule has 1 fully saturated rings. The van der Waals surface area contributed by atoms with Gasteiger partial charge >= 0.3 is 0 Å². The van der Waals surface area contributed by atoms with Crippen LogP contribution in [0.4, 0.5) is 5.82 Å². The minimum atomic E-state index is 0.167. The van der Waals surface area contributed by atoms with Crippen molar-refractivity contribution >= 4 is 22.8 Å². The molecule has 0 radical (unpaired) electrons. The van der Waals surface area contributed by atoms with Crippen LogP contribution in [-0.2, 0) is 4.79 Å². The molecule has 0 spiro atoms. The van der Waals surface area contributed by atoms with Gasteiger partial charge in [0.1, 0.15) is 12.1 Å². The molecule has 8 nitrogen and oxygen atoms in total. The van der Waals surface area contributed by atoms with Gasteiger partial charge in [0.25, 0.3) is 0 Å². The molecule has 0 aliphatic carbocycles. The van der Waals surface area contributed by atoms with E-state index in [1.165, 1.54) is 11.0 Å². The molecule has 1 amide bonds. The first kappa shape index (κ1) is 16.4. The highest BCUT2D eigenvalue weighted by molar-refractivity contribution is 5.88. The SMILES string of the molecule is CCC(=O)N1CC[C@@H](C)C(N(C)c2ncnc3c2ccn3N=O)C1. The lowest BCUT2D eigenvalue weighted by molar-refractivity contribution is -0.132. The van der Waals surface area contributed by atoms with Crippen LogP contribution in [0.5, 0.6) is 0 Å². The zero-order valence-electron chi connectivity index (χ0n) is 14.2. The van der Waals surface area contributed by atoms with Crippen molar-refractivity contribution in [3.8, 4) is 0 Å². The second kappa shape index (κ2) is 6.54.